The van der Waals surface area contributed by atoms with Gasteiger partial charge in [0.25, 0.3) is 0 Å². The van der Waals surface area contributed by atoms with Gasteiger partial charge >= 0.3 is 0 Å². The molecule has 2 aromatic rings. The Hall–Kier alpha value is -2.46. The zero-order valence-corrected chi connectivity index (χ0v) is 12.9. The van der Waals surface area contributed by atoms with Crippen LogP contribution in [0.1, 0.15) is 24.2 Å². The van der Waals surface area contributed by atoms with Gasteiger partial charge in [-0.3, -0.25) is 0 Å². The van der Waals surface area contributed by atoms with Gasteiger partial charge in [0.1, 0.15) is 29.6 Å². The van der Waals surface area contributed by atoms with Gasteiger partial charge < -0.3 is 14.6 Å². The first-order valence-electron chi connectivity index (χ1n) is 7.51. The summed E-state index contributed by atoms with van der Waals surface area (Å²) < 4.78 is 15.6. The molecule has 1 unspecified atom stereocenters. The van der Waals surface area contributed by atoms with Gasteiger partial charge in [0, 0.05) is 26.6 Å². The summed E-state index contributed by atoms with van der Waals surface area (Å²) in [5.74, 6) is 0.168. The predicted molar refractivity (Wildman–Crippen MR) is 82.2 cm³/mol. The molecule has 1 aromatic carbocycles. The largest absolute Gasteiger partial charge is 0.388 e. The van der Waals surface area contributed by atoms with Gasteiger partial charge in [-0.1, -0.05) is 6.07 Å². The molecule has 1 aromatic heterocycles. The second-order valence-corrected chi connectivity index (χ2v) is 6.03. The van der Waals surface area contributed by atoms with Crippen molar-refractivity contribution >= 4 is 5.69 Å². The van der Waals surface area contributed by atoms with Crippen molar-refractivity contribution < 1.29 is 9.50 Å². The van der Waals surface area contributed by atoms with Crippen molar-refractivity contribution in [2.24, 2.45) is 7.05 Å². The Labute approximate surface area is 133 Å². The highest BCUT2D eigenvalue weighted by Gasteiger charge is 2.35. The van der Waals surface area contributed by atoms with Gasteiger partial charge in [0.05, 0.1) is 11.3 Å². The van der Waals surface area contributed by atoms with Gasteiger partial charge in [0.15, 0.2) is 0 Å². The molecule has 1 fully saturated rings. The molecule has 0 aliphatic carbocycles. The summed E-state index contributed by atoms with van der Waals surface area (Å²) in [5.41, 5.74) is -0.419. The molecule has 0 saturated carbocycles. The lowest BCUT2D eigenvalue weighted by molar-refractivity contribution is 0.0238. The third kappa shape index (κ3) is 3.03. The van der Waals surface area contributed by atoms with E-state index in [1.807, 2.05) is 18.0 Å². The Bertz CT molecular complexity index is 753. The van der Waals surface area contributed by atoms with Crippen molar-refractivity contribution in [1.29, 1.82) is 5.26 Å². The molecule has 6 nitrogen and oxygen atoms in total. The van der Waals surface area contributed by atoms with Crippen molar-refractivity contribution in [3.05, 3.63) is 41.7 Å². The van der Waals surface area contributed by atoms with Crippen LogP contribution in [0.25, 0.3) is 0 Å². The van der Waals surface area contributed by atoms with Crippen LogP contribution < -0.4 is 4.90 Å². The minimum absolute atomic E-state index is 0.0235. The molecule has 1 aliphatic rings. The molecule has 0 radical (unpaired) electrons. The number of hydrogen-bond donors (Lipinski definition) is 1. The zero-order chi connectivity index (χ0) is 16.4. The molecule has 1 atom stereocenters. The van der Waals surface area contributed by atoms with Crippen LogP contribution >= 0.6 is 0 Å². The number of aryl methyl sites for hydroxylation is 1. The van der Waals surface area contributed by atoms with Crippen molar-refractivity contribution in [2.45, 2.75) is 24.9 Å². The molecular formula is C16H18FN5O. The Morgan fingerprint density at radius 3 is 3.00 bits per heavy atom. The Kier molecular flexibility index (Phi) is 4.01. The number of piperidine rings is 1. The van der Waals surface area contributed by atoms with E-state index in [9.17, 15) is 14.8 Å². The van der Waals surface area contributed by atoms with E-state index in [-0.39, 0.29) is 5.56 Å². The van der Waals surface area contributed by atoms with Crippen molar-refractivity contribution in [2.75, 3.05) is 18.0 Å². The first-order chi connectivity index (χ1) is 11.0. The second-order valence-electron chi connectivity index (χ2n) is 6.03. The van der Waals surface area contributed by atoms with Gasteiger partial charge in [-0.15, -0.1) is 10.2 Å². The summed E-state index contributed by atoms with van der Waals surface area (Å²) in [7, 11) is 1.83. The molecule has 0 spiro atoms. The fraction of sp³-hybridized carbons (Fsp3) is 0.438. The molecule has 120 valence electrons. The first-order valence-corrected chi connectivity index (χ1v) is 7.51. The van der Waals surface area contributed by atoms with Crippen LogP contribution in [0, 0.1) is 17.1 Å². The fourth-order valence-corrected chi connectivity index (χ4v) is 3.11. The van der Waals surface area contributed by atoms with Crippen molar-refractivity contribution in [3.8, 4) is 6.07 Å². The lowest BCUT2D eigenvalue weighted by atomic mass is 9.88. The van der Waals surface area contributed by atoms with Crippen molar-refractivity contribution in [3.63, 3.8) is 0 Å². The molecule has 2 heterocycles. The molecule has 23 heavy (non-hydrogen) atoms. The van der Waals surface area contributed by atoms with E-state index in [4.69, 9.17) is 0 Å². The number of nitriles is 1. The standard InChI is InChI=1S/C16H18FN5O/c1-21-11-19-20-15(21)8-16(23)6-3-7-22(10-16)14-5-2-4-13(17)12(14)9-18/h2,4-5,11,23H,3,6-8,10H2,1H3. The van der Waals surface area contributed by atoms with Crippen LogP contribution in [0.5, 0.6) is 0 Å². The molecule has 0 bridgehead atoms. The molecule has 1 N–H and O–H groups in total. The summed E-state index contributed by atoms with van der Waals surface area (Å²) in [6.07, 6.45) is 3.36. The average molecular weight is 315 g/mol. The lowest BCUT2D eigenvalue weighted by Gasteiger charge is -2.40. The molecule has 1 aliphatic heterocycles. The monoisotopic (exact) mass is 315 g/mol. The summed E-state index contributed by atoms with van der Waals surface area (Å²) in [6, 6.07) is 6.50. The normalized spacial score (nSPS) is 21.2. The topological polar surface area (TPSA) is 78.0 Å². The third-order valence-electron chi connectivity index (χ3n) is 4.29. The summed E-state index contributed by atoms with van der Waals surface area (Å²) in [5, 5.41) is 28.0. The Balaban J connectivity index is 1.85. The van der Waals surface area contributed by atoms with E-state index in [1.54, 1.807) is 23.0 Å². The maximum absolute atomic E-state index is 13.8. The molecule has 1 saturated heterocycles. The molecule has 0 amide bonds. The SMILES string of the molecule is Cn1cnnc1CC1(O)CCCN(c2cccc(F)c2C#N)C1. The van der Waals surface area contributed by atoms with E-state index >= 15 is 0 Å². The van der Waals surface area contributed by atoms with Gasteiger partial charge in [-0.05, 0) is 25.0 Å². The van der Waals surface area contributed by atoms with Gasteiger partial charge in [-0.2, -0.15) is 5.26 Å². The Morgan fingerprint density at radius 1 is 1.48 bits per heavy atom. The van der Waals surface area contributed by atoms with Crippen molar-refractivity contribution in [1.82, 2.24) is 14.8 Å². The van der Waals surface area contributed by atoms with E-state index in [1.165, 1.54) is 6.07 Å². The molecule has 3 rings (SSSR count). The summed E-state index contributed by atoms with van der Waals surface area (Å²) >= 11 is 0. The van der Waals surface area contributed by atoms with Gasteiger partial charge in [-0.25, -0.2) is 4.39 Å². The highest BCUT2D eigenvalue weighted by molar-refractivity contribution is 5.60. The van der Waals surface area contributed by atoms with Crippen LogP contribution in [0.3, 0.4) is 0 Å². The minimum atomic E-state index is -0.974. The number of β-amino-alcohol motifs (C(OH)–C–C–N with tert-alkyl or cyclic N) is 1. The third-order valence-corrected chi connectivity index (χ3v) is 4.29. The number of hydrogen-bond acceptors (Lipinski definition) is 5. The minimum Gasteiger partial charge on any atom is -0.388 e. The second kappa shape index (κ2) is 5.97. The fourth-order valence-electron chi connectivity index (χ4n) is 3.11. The van der Waals surface area contributed by atoms with Crippen LogP contribution in [0.4, 0.5) is 10.1 Å². The number of halogens is 1. The molecular weight excluding hydrogens is 297 g/mol. The number of nitrogens with zero attached hydrogens (tertiary/aromatic N) is 5. The maximum atomic E-state index is 13.8. The highest BCUT2D eigenvalue weighted by atomic mass is 19.1. The summed E-state index contributed by atoms with van der Waals surface area (Å²) in [4.78, 5) is 1.88. The summed E-state index contributed by atoms with van der Waals surface area (Å²) in [6.45, 7) is 1.01. The van der Waals surface area contributed by atoms with E-state index < -0.39 is 11.4 Å². The average Bonchev–Trinajstić information content (AvgIpc) is 2.91. The van der Waals surface area contributed by atoms with Gasteiger partial charge in [0.2, 0.25) is 0 Å². The predicted octanol–water partition coefficient (Wildman–Crippen LogP) is 1.40. The number of aromatic nitrogens is 3. The highest BCUT2D eigenvalue weighted by Crippen LogP contribution is 2.31. The van der Waals surface area contributed by atoms with E-state index in [0.29, 0.717) is 37.4 Å². The lowest BCUT2D eigenvalue weighted by Crippen LogP contribution is -2.50. The Morgan fingerprint density at radius 2 is 2.30 bits per heavy atom. The number of benzene rings is 1. The first kappa shape index (κ1) is 15.4. The number of aliphatic hydroxyl groups is 1. The van der Waals surface area contributed by atoms with Crippen LogP contribution in [-0.2, 0) is 13.5 Å². The zero-order valence-electron chi connectivity index (χ0n) is 12.9. The molecule has 7 heteroatoms. The van der Waals surface area contributed by atoms with E-state index in [0.717, 1.165) is 6.42 Å². The van der Waals surface area contributed by atoms with Crippen LogP contribution in [0.2, 0.25) is 0 Å². The quantitative estimate of drug-likeness (QED) is 0.926. The number of anilines is 1. The smallest absolute Gasteiger partial charge is 0.143 e. The number of rotatable bonds is 3. The maximum Gasteiger partial charge on any atom is 0.143 e. The van der Waals surface area contributed by atoms with Crippen LogP contribution in [0.15, 0.2) is 24.5 Å². The van der Waals surface area contributed by atoms with E-state index in [2.05, 4.69) is 10.2 Å². The van der Waals surface area contributed by atoms with Crippen LogP contribution in [-0.4, -0.2) is 38.6 Å².